The minimum Gasteiger partial charge on any atom is -0.298 e. The summed E-state index contributed by atoms with van der Waals surface area (Å²) in [4.78, 5) is 31.9. The molecule has 0 unspecified atom stereocenters. The number of sulfonamides is 1. The number of anilines is 2. The molecule has 2 aromatic heterocycles. The SMILES string of the molecule is Cc1c(NS(=O)(=O)c2cc(C(=O)Nc3nc4c(s3)CCCC4(C)C)c(Cl)cc2Cl)c(=O)n(-c2ccccc2)n1C. The largest absolute Gasteiger partial charge is 0.298 e. The molecule has 1 amide bonds. The predicted molar refractivity (Wildman–Crippen MR) is 159 cm³/mol. The van der Waals surface area contributed by atoms with E-state index in [2.05, 4.69) is 28.9 Å². The monoisotopic (exact) mass is 619 g/mol. The van der Waals surface area contributed by atoms with Crippen LogP contribution < -0.4 is 15.6 Å². The van der Waals surface area contributed by atoms with Crippen molar-refractivity contribution in [3.63, 3.8) is 0 Å². The average molecular weight is 621 g/mol. The van der Waals surface area contributed by atoms with E-state index in [1.54, 1.807) is 42.9 Å². The molecule has 2 aromatic carbocycles. The Bertz CT molecular complexity index is 1810. The molecule has 0 saturated heterocycles. The number of amides is 1. The molecule has 40 heavy (non-hydrogen) atoms. The first-order valence-electron chi connectivity index (χ1n) is 12.5. The summed E-state index contributed by atoms with van der Waals surface area (Å²) in [6.45, 7) is 5.87. The average Bonchev–Trinajstić information content (AvgIpc) is 3.39. The van der Waals surface area contributed by atoms with Gasteiger partial charge < -0.3 is 0 Å². The summed E-state index contributed by atoms with van der Waals surface area (Å²) in [5.41, 5.74) is 1.04. The summed E-state index contributed by atoms with van der Waals surface area (Å²) in [6, 6.07) is 11.1. The molecule has 0 radical (unpaired) electrons. The minimum absolute atomic E-state index is 0.0228. The Morgan fingerprint density at radius 1 is 1.12 bits per heavy atom. The molecular formula is C27H27Cl2N5O4S2. The number of aromatic nitrogens is 3. The minimum atomic E-state index is -4.40. The summed E-state index contributed by atoms with van der Waals surface area (Å²) in [5.74, 6) is -0.621. The van der Waals surface area contributed by atoms with E-state index in [0.29, 0.717) is 16.5 Å². The highest BCUT2D eigenvalue weighted by molar-refractivity contribution is 7.92. The topological polar surface area (TPSA) is 115 Å². The zero-order chi connectivity index (χ0) is 29.0. The zero-order valence-corrected chi connectivity index (χ0v) is 25.4. The van der Waals surface area contributed by atoms with Crippen LogP contribution in [0.25, 0.3) is 5.69 Å². The van der Waals surface area contributed by atoms with Crippen molar-refractivity contribution in [1.82, 2.24) is 14.3 Å². The van der Waals surface area contributed by atoms with E-state index in [0.717, 1.165) is 35.9 Å². The number of carbonyl (C=O) groups excluding carboxylic acids is 1. The normalized spacial score (nSPS) is 14.6. The van der Waals surface area contributed by atoms with Gasteiger partial charge in [-0.2, -0.15) is 0 Å². The molecule has 0 fully saturated rings. The predicted octanol–water partition coefficient (Wildman–Crippen LogP) is 5.91. The Kier molecular flexibility index (Phi) is 7.37. The number of halogens is 2. The molecule has 2 N–H and O–H groups in total. The van der Waals surface area contributed by atoms with Gasteiger partial charge in [0.15, 0.2) is 5.13 Å². The van der Waals surface area contributed by atoms with Gasteiger partial charge in [0.1, 0.15) is 10.6 Å². The summed E-state index contributed by atoms with van der Waals surface area (Å²) in [7, 11) is -2.75. The van der Waals surface area contributed by atoms with Crippen molar-refractivity contribution in [2.45, 2.75) is 50.3 Å². The number of carbonyl (C=O) groups is 1. The van der Waals surface area contributed by atoms with Crippen molar-refractivity contribution in [3.05, 3.63) is 84.7 Å². The maximum absolute atomic E-state index is 13.5. The van der Waals surface area contributed by atoms with Crippen molar-refractivity contribution in [2.24, 2.45) is 7.05 Å². The lowest BCUT2D eigenvalue weighted by atomic mass is 9.79. The van der Waals surface area contributed by atoms with Crippen LogP contribution >= 0.6 is 34.5 Å². The van der Waals surface area contributed by atoms with E-state index in [-0.39, 0.29) is 26.7 Å². The zero-order valence-electron chi connectivity index (χ0n) is 22.2. The maximum Gasteiger partial charge on any atom is 0.296 e. The first kappa shape index (κ1) is 28.4. The van der Waals surface area contributed by atoms with E-state index in [1.807, 2.05) is 6.07 Å². The second kappa shape index (κ2) is 10.4. The second-order valence-corrected chi connectivity index (χ2v) is 13.8. The number of rotatable bonds is 6. The van der Waals surface area contributed by atoms with Gasteiger partial charge >= 0.3 is 0 Å². The molecule has 1 aliphatic carbocycles. The fourth-order valence-electron chi connectivity index (χ4n) is 4.86. The highest BCUT2D eigenvalue weighted by atomic mass is 35.5. The van der Waals surface area contributed by atoms with Gasteiger partial charge in [-0.3, -0.25) is 24.3 Å². The molecular weight excluding hydrogens is 593 g/mol. The molecule has 9 nitrogen and oxygen atoms in total. The van der Waals surface area contributed by atoms with Crippen LogP contribution in [0.3, 0.4) is 0 Å². The number of nitrogens with one attached hydrogen (secondary N) is 2. The van der Waals surface area contributed by atoms with E-state index in [4.69, 9.17) is 23.2 Å². The van der Waals surface area contributed by atoms with Crippen LogP contribution in [0.5, 0.6) is 0 Å². The molecule has 13 heteroatoms. The summed E-state index contributed by atoms with van der Waals surface area (Å²) < 4.78 is 32.3. The van der Waals surface area contributed by atoms with Gasteiger partial charge in [0.05, 0.1) is 32.7 Å². The Morgan fingerprint density at radius 3 is 2.50 bits per heavy atom. The third-order valence-electron chi connectivity index (χ3n) is 7.11. The highest BCUT2D eigenvalue weighted by Crippen LogP contribution is 2.40. The lowest BCUT2D eigenvalue weighted by Gasteiger charge is -2.27. The molecule has 5 rings (SSSR count). The van der Waals surface area contributed by atoms with Crippen molar-refractivity contribution in [1.29, 1.82) is 0 Å². The summed E-state index contributed by atoms with van der Waals surface area (Å²) in [5, 5.41) is 2.96. The Hall–Kier alpha value is -3.12. The molecule has 0 aliphatic heterocycles. The van der Waals surface area contributed by atoms with E-state index < -0.39 is 26.4 Å². The van der Waals surface area contributed by atoms with Gasteiger partial charge in [0.25, 0.3) is 21.5 Å². The highest BCUT2D eigenvalue weighted by Gasteiger charge is 2.32. The number of nitrogens with zero attached hydrogens (tertiary/aromatic N) is 3. The molecule has 0 atom stereocenters. The Labute approximate surface area is 245 Å². The van der Waals surface area contributed by atoms with Gasteiger partial charge in [-0.1, -0.05) is 55.2 Å². The standard InChI is InChI=1S/C27H27Cl2N5O4S2/c1-15-22(25(36)34(33(15)4)16-9-6-5-7-10-16)32-40(37,38)21-13-17(18(28)14-19(21)29)24(35)31-26-30-23-20(39-26)11-8-12-27(23,2)3/h5-7,9-10,13-14,32H,8,11-12H2,1-4H3,(H,30,31,35). The van der Waals surface area contributed by atoms with Crippen molar-refractivity contribution in [3.8, 4) is 5.69 Å². The van der Waals surface area contributed by atoms with Crippen LogP contribution in [0.1, 0.15) is 53.3 Å². The Balaban J connectivity index is 1.47. The molecule has 0 bridgehead atoms. The maximum atomic E-state index is 13.5. The number of hydrogen-bond donors (Lipinski definition) is 2. The smallest absolute Gasteiger partial charge is 0.296 e. The summed E-state index contributed by atoms with van der Waals surface area (Å²) >= 11 is 14.0. The number of aryl methyl sites for hydroxylation is 1. The van der Waals surface area contributed by atoms with Crippen LogP contribution in [0, 0.1) is 6.92 Å². The third-order valence-corrected chi connectivity index (χ3v) is 10.3. The number of hydrogen-bond acceptors (Lipinski definition) is 6. The Morgan fingerprint density at radius 2 is 1.82 bits per heavy atom. The number of para-hydroxylation sites is 1. The van der Waals surface area contributed by atoms with Crippen LogP contribution in [0.4, 0.5) is 10.8 Å². The van der Waals surface area contributed by atoms with Gasteiger partial charge in [-0.05, 0) is 50.5 Å². The molecule has 210 valence electrons. The first-order valence-corrected chi connectivity index (χ1v) is 15.5. The van der Waals surface area contributed by atoms with Gasteiger partial charge in [-0.15, -0.1) is 11.3 Å². The van der Waals surface area contributed by atoms with Crippen LogP contribution in [0.15, 0.2) is 52.2 Å². The molecule has 0 saturated carbocycles. The lowest BCUT2D eigenvalue weighted by Crippen LogP contribution is -2.23. The van der Waals surface area contributed by atoms with E-state index in [9.17, 15) is 18.0 Å². The number of benzene rings is 2. The van der Waals surface area contributed by atoms with Crippen LogP contribution in [0.2, 0.25) is 10.0 Å². The fraction of sp³-hybridized carbons (Fsp3) is 0.296. The van der Waals surface area contributed by atoms with Crippen molar-refractivity contribution >= 4 is 61.3 Å². The molecule has 4 aromatic rings. The van der Waals surface area contributed by atoms with E-state index in [1.165, 1.54) is 22.1 Å². The molecule has 2 heterocycles. The summed E-state index contributed by atoms with van der Waals surface area (Å²) in [6.07, 6.45) is 2.95. The van der Waals surface area contributed by atoms with Crippen molar-refractivity contribution in [2.75, 3.05) is 10.0 Å². The second-order valence-electron chi connectivity index (χ2n) is 10.3. The van der Waals surface area contributed by atoms with Gasteiger partial charge in [-0.25, -0.2) is 18.1 Å². The number of fused-ring (bicyclic) bond motifs is 1. The number of thiazole rings is 1. The van der Waals surface area contributed by atoms with E-state index >= 15 is 0 Å². The molecule has 1 aliphatic rings. The van der Waals surface area contributed by atoms with Crippen LogP contribution in [-0.2, 0) is 28.9 Å². The van der Waals surface area contributed by atoms with Gasteiger partial charge in [0.2, 0.25) is 0 Å². The quantitative estimate of drug-likeness (QED) is 0.278. The lowest BCUT2D eigenvalue weighted by molar-refractivity contribution is 0.102. The molecule has 0 spiro atoms. The van der Waals surface area contributed by atoms with Gasteiger partial charge in [0, 0.05) is 17.3 Å². The first-order chi connectivity index (χ1) is 18.8. The van der Waals surface area contributed by atoms with Crippen LogP contribution in [-0.4, -0.2) is 28.7 Å². The van der Waals surface area contributed by atoms with Crippen molar-refractivity contribution < 1.29 is 13.2 Å². The fourth-order valence-corrected chi connectivity index (χ4v) is 8.02. The third kappa shape index (κ3) is 5.07.